The zero-order chi connectivity index (χ0) is 19.5. The van der Waals surface area contributed by atoms with E-state index in [9.17, 15) is 9.90 Å². The molecule has 0 radical (unpaired) electrons. The van der Waals surface area contributed by atoms with Gasteiger partial charge < -0.3 is 14.6 Å². The Bertz CT molecular complexity index is 872. The minimum atomic E-state index is -0.471. The summed E-state index contributed by atoms with van der Waals surface area (Å²) in [5.74, 6) is 0.729. The van der Waals surface area contributed by atoms with E-state index in [-0.39, 0.29) is 5.75 Å². The van der Waals surface area contributed by atoms with Gasteiger partial charge in [-0.05, 0) is 42.3 Å². The Kier molecular flexibility index (Phi) is 7.67. The number of carbonyl (C=O) groups excluding carboxylic acids is 1. The predicted molar refractivity (Wildman–Crippen MR) is 109 cm³/mol. The van der Waals surface area contributed by atoms with E-state index >= 15 is 0 Å². The van der Waals surface area contributed by atoms with Crippen molar-refractivity contribution >= 4 is 18.1 Å². The Labute approximate surface area is 159 Å². The highest BCUT2D eigenvalue weighted by atomic mass is 16.5. The second-order valence-electron chi connectivity index (χ2n) is 5.56. The van der Waals surface area contributed by atoms with Crippen LogP contribution in [0.2, 0.25) is 0 Å². The molecule has 0 heterocycles. The van der Waals surface area contributed by atoms with Crippen molar-refractivity contribution in [3.63, 3.8) is 0 Å². The first-order chi connectivity index (χ1) is 13.1. The Hall–Kier alpha value is -3.53. The summed E-state index contributed by atoms with van der Waals surface area (Å²) in [5.41, 5.74) is 1.76. The molecule has 0 aliphatic carbocycles. The summed E-state index contributed by atoms with van der Waals surface area (Å²) in [6, 6.07) is 12.1. The number of carbonyl (C=O) groups is 1. The van der Waals surface area contributed by atoms with Crippen molar-refractivity contribution in [3.05, 3.63) is 90.0 Å². The van der Waals surface area contributed by atoms with Crippen molar-refractivity contribution in [1.82, 2.24) is 0 Å². The topological polar surface area (TPSA) is 55.8 Å². The highest BCUT2D eigenvalue weighted by molar-refractivity contribution is 5.84. The van der Waals surface area contributed by atoms with E-state index in [1.165, 1.54) is 6.08 Å². The van der Waals surface area contributed by atoms with Gasteiger partial charge in [0, 0.05) is 12.1 Å². The molecule has 1 N–H and O–H groups in total. The fourth-order valence-electron chi connectivity index (χ4n) is 2.17. The molecule has 0 atom stereocenters. The Balaban J connectivity index is 2.12. The summed E-state index contributed by atoms with van der Waals surface area (Å²) in [5, 5.41) is 9.33. The molecule has 0 saturated heterocycles. The number of methoxy groups -OCH3 is 1. The smallest absolute Gasteiger partial charge is 0.336 e. The Morgan fingerprint density at radius 2 is 1.56 bits per heavy atom. The highest BCUT2D eigenvalue weighted by Gasteiger charge is 2.04. The minimum Gasteiger partial charge on any atom is -0.508 e. The van der Waals surface area contributed by atoms with Crippen LogP contribution in [0.5, 0.6) is 17.2 Å². The second kappa shape index (κ2) is 10.5. The van der Waals surface area contributed by atoms with Crippen LogP contribution in [0.3, 0.4) is 0 Å². The Morgan fingerprint density at radius 1 is 0.889 bits per heavy atom. The average Bonchev–Trinajstić information content (AvgIpc) is 2.67. The van der Waals surface area contributed by atoms with Gasteiger partial charge in [0.2, 0.25) is 0 Å². The van der Waals surface area contributed by atoms with E-state index < -0.39 is 5.97 Å². The summed E-state index contributed by atoms with van der Waals surface area (Å²) < 4.78 is 10.6. The number of benzene rings is 2. The first kappa shape index (κ1) is 19.8. The summed E-state index contributed by atoms with van der Waals surface area (Å²) >= 11 is 0. The van der Waals surface area contributed by atoms with Crippen LogP contribution in [-0.2, 0) is 4.79 Å². The minimum absolute atomic E-state index is 0.219. The molecule has 0 aliphatic rings. The van der Waals surface area contributed by atoms with Crippen LogP contribution in [0.15, 0.2) is 78.9 Å². The van der Waals surface area contributed by atoms with E-state index in [0.29, 0.717) is 11.5 Å². The molecule has 138 valence electrons. The molecule has 0 aromatic heterocycles. The van der Waals surface area contributed by atoms with Crippen molar-refractivity contribution in [2.45, 2.75) is 6.92 Å². The summed E-state index contributed by atoms with van der Waals surface area (Å²) in [7, 11) is 1.56. The quantitative estimate of drug-likeness (QED) is 0.243. The molecule has 0 spiro atoms. The number of hydrogen-bond acceptors (Lipinski definition) is 4. The van der Waals surface area contributed by atoms with E-state index in [0.717, 1.165) is 11.1 Å². The van der Waals surface area contributed by atoms with E-state index in [4.69, 9.17) is 9.47 Å². The summed E-state index contributed by atoms with van der Waals surface area (Å²) in [6.45, 7) is 1.92. The lowest BCUT2D eigenvalue weighted by molar-refractivity contribution is -0.128. The third kappa shape index (κ3) is 7.08. The van der Waals surface area contributed by atoms with Crippen LogP contribution in [0.4, 0.5) is 0 Å². The van der Waals surface area contributed by atoms with Crippen LogP contribution in [0.25, 0.3) is 12.2 Å². The average molecular weight is 362 g/mol. The SMILES string of the molecule is C/C=C/C=C/C=C/C(=O)Oc1cc(/C=C/c2ccc(O)cc2)cc(OC)c1. The molecule has 4 nitrogen and oxygen atoms in total. The number of hydrogen-bond donors (Lipinski definition) is 1. The lowest BCUT2D eigenvalue weighted by Crippen LogP contribution is -2.04. The number of esters is 1. The number of phenols is 1. The number of rotatable bonds is 7. The molecule has 27 heavy (non-hydrogen) atoms. The van der Waals surface area contributed by atoms with Gasteiger partial charge in [0.05, 0.1) is 7.11 Å². The number of allylic oxidation sites excluding steroid dienone is 5. The van der Waals surface area contributed by atoms with Gasteiger partial charge in [-0.25, -0.2) is 4.79 Å². The maximum atomic E-state index is 11.9. The molecule has 2 aromatic carbocycles. The Morgan fingerprint density at radius 3 is 2.26 bits per heavy atom. The fraction of sp³-hybridized carbons (Fsp3) is 0.0870. The lowest BCUT2D eigenvalue weighted by Gasteiger charge is -2.07. The molecule has 0 bridgehead atoms. The normalized spacial score (nSPS) is 11.8. The third-order valence-corrected chi connectivity index (χ3v) is 3.48. The highest BCUT2D eigenvalue weighted by Crippen LogP contribution is 2.24. The van der Waals surface area contributed by atoms with Gasteiger partial charge in [-0.2, -0.15) is 0 Å². The van der Waals surface area contributed by atoms with Crippen molar-refractivity contribution < 1.29 is 19.4 Å². The monoisotopic (exact) mass is 362 g/mol. The molecule has 0 unspecified atom stereocenters. The first-order valence-electron chi connectivity index (χ1n) is 8.45. The van der Waals surface area contributed by atoms with Crippen molar-refractivity contribution in [3.8, 4) is 17.2 Å². The molecule has 4 heteroatoms. The molecule has 2 aromatic rings. The number of ether oxygens (including phenoxy) is 2. The van der Waals surface area contributed by atoms with Crippen LogP contribution in [-0.4, -0.2) is 18.2 Å². The zero-order valence-electron chi connectivity index (χ0n) is 15.3. The zero-order valence-corrected chi connectivity index (χ0v) is 15.3. The number of aromatic hydroxyl groups is 1. The van der Waals surface area contributed by atoms with Gasteiger partial charge in [-0.3, -0.25) is 0 Å². The second-order valence-corrected chi connectivity index (χ2v) is 5.56. The van der Waals surface area contributed by atoms with E-state index in [1.807, 2.05) is 43.4 Å². The summed E-state index contributed by atoms with van der Waals surface area (Å²) in [4.78, 5) is 11.9. The predicted octanol–water partition coefficient (Wildman–Crippen LogP) is 5.17. The third-order valence-electron chi connectivity index (χ3n) is 3.48. The largest absolute Gasteiger partial charge is 0.508 e. The van der Waals surface area contributed by atoms with Gasteiger partial charge in [-0.15, -0.1) is 0 Å². The maximum Gasteiger partial charge on any atom is 0.336 e. The molecule has 0 fully saturated rings. The van der Waals surface area contributed by atoms with Crippen LogP contribution < -0.4 is 9.47 Å². The molecule has 0 saturated carbocycles. The lowest BCUT2D eigenvalue weighted by atomic mass is 10.1. The van der Waals surface area contributed by atoms with Crippen LogP contribution >= 0.6 is 0 Å². The van der Waals surface area contributed by atoms with Crippen LogP contribution in [0, 0.1) is 0 Å². The van der Waals surface area contributed by atoms with Gasteiger partial charge in [-0.1, -0.05) is 54.7 Å². The van der Waals surface area contributed by atoms with Crippen molar-refractivity contribution in [2.75, 3.05) is 7.11 Å². The molecule has 0 amide bonds. The molecular weight excluding hydrogens is 340 g/mol. The van der Waals surface area contributed by atoms with Crippen molar-refractivity contribution in [1.29, 1.82) is 0 Å². The molecule has 0 aliphatic heterocycles. The van der Waals surface area contributed by atoms with E-state index in [1.54, 1.807) is 55.7 Å². The van der Waals surface area contributed by atoms with E-state index in [2.05, 4.69) is 0 Å². The van der Waals surface area contributed by atoms with Gasteiger partial charge in [0.15, 0.2) is 0 Å². The maximum absolute atomic E-state index is 11.9. The van der Waals surface area contributed by atoms with Gasteiger partial charge >= 0.3 is 5.97 Å². The molecule has 2 rings (SSSR count). The number of phenolic OH excluding ortho intramolecular Hbond substituents is 1. The van der Waals surface area contributed by atoms with Gasteiger partial charge in [0.25, 0.3) is 0 Å². The fourth-order valence-corrected chi connectivity index (χ4v) is 2.17. The standard InChI is InChI=1S/C23H22O4/c1-3-4-5-6-7-8-23(25)27-22-16-19(15-21(17-22)26-2)10-9-18-11-13-20(24)14-12-18/h3-17,24H,1-2H3/b4-3+,6-5+,8-7+,10-9+. The van der Waals surface area contributed by atoms with Crippen LogP contribution in [0.1, 0.15) is 18.1 Å². The van der Waals surface area contributed by atoms with Gasteiger partial charge in [0.1, 0.15) is 17.2 Å². The van der Waals surface area contributed by atoms with Crippen molar-refractivity contribution in [2.24, 2.45) is 0 Å². The summed E-state index contributed by atoms with van der Waals surface area (Å²) in [6.07, 6.45) is 14.1. The first-order valence-corrected chi connectivity index (χ1v) is 8.45. The molecular formula is C23H22O4.